The van der Waals surface area contributed by atoms with Crippen LogP contribution in [-0.2, 0) is 5.54 Å². The highest BCUT2D eigenvalue weighted by atomic mass is 16.5. The molecule has 1 amide bonds. The van der Waals surface area contributed by atoms with Crippen LogP contribution in [-0.4, -0.2) is 44.2 Å². The molecular weight excluding hydrogens is 400 g/mol. The van der Waals surface area contributed by atoms with Gasteiger partial charge in [0, 0.05) is 11.6 Å². The third kappa shape index (κ3) is 3.82. The van der Waals surface area contributed by atoms with Crippen LogP contribution in [0.25, 0.3) is 10.8 Å². The number of likely N-dealkylation sites (tertiary alicyclic amines) is 1. The van der Waals surface area contributed by atoms with Crippen molar-refractivity contribution in [1.29, 1.82) is 0 Å². The summed E-state index contributed by atoms with van der Waals surface area (Å²) in [6.07, 6.45) is 2.99. The van der Waals surface area contributed by atoms with Crippen molar-refractivity contribution >= 4 is 16.7 Å². The molecule has 0 radical (unpaired) electrons. The van der Waals surface area contributed by atoms with Gasteiger partial charge in [0.2, 0.25) is 0 Å². The number of benzene rings is 3. The molecule has 5 nitrogen and oxygen atoms in total. The molecule has 5 heteroatoms. The molecule has 1 saturated carbocycles. The molecule has 166 valence electrons. The number of nitrogens with one attached hydrogen (secondary N) is 1. The number of methoxy groups -OCH3 is 1. The van der Waals surface area contributed by atoms with E-state index in [1.54, 1.807) is 7.11 Å². The van der Waals surface area contributed by atoms with Crippen molar-refractivity contribution < 1.29 is 14.3 Å². The molecule has 1 aliphatic heterocycles. The Morgan fingerprint density at radius 3 is 2.62 bits per heavy atom. The summed E-state index contributed by atoms with van der Waals surface area (Å²) < 4.78 is 11.6. The average molecular weight is 431 g/mol. The standard InChI is InChI=1S/C27H30N2O3/c1-18-8-9-21(32-17-20-10-13-29(20)2)15-24(18)26(30)28-27(11-12-27)25-16-22(31-3)14-19-6-4-5-7-23(19)25/h4-9,14-16,20H,10-13,17H2,1-3H3,(H,28,30). The molecule has 2 aliphatic rings. The number of carbonyl (C=O) groups excluding carboxylic acids is 1. The average Bonchev–Trinajstić information content (AvgIpc) is 3.58. The zero-order chi connectivity index (χ0) is 22.3. The van der Waals surface area contributed by atoms with Gasteiger partial charge in [-0.2, -0.15) is 0 Å². The van der Waals surface area contributed by atoms with Gasteiger partial charge in [-0.15, -0.1) is 0 Å². The predicted molar refractivity (Wildman–Crippen MR) is 127 cm³/mol. The molecule has 0 spiro atoms. The van der Waals surface area contributed by atoms with Crippen molar-refractivity contribution in [1.82, 2.24) is 10.2 Å². The van der Waals surface area contributed by atoms with Gasteiger partial charge >= 0.3 is 0 Å². The Morgan fingerprint density at radius 1 is 1.12 bits per heavy atom. The van der Waals surface area contributed by atoms with Crippen LogP contribution >= 0.6 is 0 Å². The second-order valence-electron chi connectivity index (χ2n) is 9.14. The Hall–Kier alpha value is -3.05. The topological polar surface area (TPSA) is 50.8 Å². The maximum absolute atomic E-state index is 13.4. The molecule has 2 fully saturated rings. The van der Waals surface area contributed by atoms with Crippen molar-refractivity contribution in [2.45, 2.75) is 37.8 Å². The number of aryl methyl sites for hydroxylation is 1. The van der Waals surface area contributed by atoms with Gasteiger partial charge in [-0.05, 0) is 85.9 Å². The fourth-order valence-electron chi connectivity index (χ4n) is 4.58. The fraction of sp³-hybridized carbons (Fsp3) is 0.370. The molecule has 3 aromatic carbocycles. The number of hydrogen-bond acceptors (Lipinski definition) is 4. The first-order valence-electron chi connectivity index (χ1n) is 11.3. The molecule has 1 atom stereocenters. The van der Waals surface area contributed by atoms with Gasteiger partial charge in [0.25, 0.3) is 5.91 Å². The number of likely N-dealkylation sites (N-methyl/N-ethyl adjacent to an activating group) is 1. The first-order valence-corrected chi connectivity index (χ1v) is 11.3. The number of nitrogens with zero attached hydrogens (tertiary/aromatic N) is 1. The zero-order valence-electron chi connectivity index (χ0n) is 19.0. The molecule has 0 bridgehead atoms. The van der Waals surface area contributed by atoms with E-state index in [9.17, 15) is 4.79 Å². The van der Waals surface area contributed by atoms with Crippen molar-refractivity contribution in [2.75, 3.05) is 27.3 Å². The van der Waals surface area contributed by atoms with Gasteiger partial charge in [-0.25, -0.2) is 0 Å². The van der Waals surface area contributed by atoms with Crippen molar-refractivity contribution in [3.8, 4) is 11.5 Å². The summed E-state index contributed by atoms with van der Waals surface area (Å²) >= 11 is 0. The van der Waals surface area contributed by atoms with Crippen LogP contribution in [0.5, 0.6) is 11.5 Å². The SMILES string of the molecule is COc1cc(C2(NC(=O)c3cc(OCC4CCN4C)ccc3C)CC2)c2ccccc2c1. The van der Waals surface area contributed by atoms with Crippen LogP contribution in [0.2, 0.25) is 0 Å². The van der Waals surface area contributed by atoms with Crippen LogP contribution in [0.4, 0.5) is 0 Å². The second kappa shape index (κ2) is 8.14. The summed E-state index contributed by atoms with van der Waals surface area (Å²) in [7, 11) is 3.80. The first-order chi connectivity index (χ1) is 15.5. The van der Waals surface area contributed by atoms with E-state index in [0.717, 1.165) is 59.2 Å². The van der Waals surface area contributed by atoms with E-state index in [4.69, 9.17) is 9.47 Å². The number of carbonyl (C=O) groups is 1. The maximum atomic E-state index is 13.4. The maximum Gasteiger partial charge on any atom is 0.252 e. The minimum Gasteiger partial charge on any atom is -0.497 e. The molecule has 5 rings (SSSR count). The smallest absolute Gasteiger partial charge is 0.252 e. The summed E-state index contributed by atoms with van der Waals surface area (Å²) in [5, 5.41) is 5.62. The normalized spacial score (nSPS) is 19.3. The number of ether oxygens (including phenoxy) is 2. The number of hydrogen-bond donors (Lipinski definition) is 1. The van der Waals surface area contributed by atoms with E-state index in [1.807, 2.05) is 43.3 Å². The summed E-state index contributed by atoms with van der Waals surface area (Å²) in [5.41, 5.74) is 2.38. The number of fused-ring (bicyclic) bond motifs is 1. The summed E-state index contributed by atoms with van der Waals surface area (Å²) in [6, 6.07) is 18.6. The quantitative estimate of drug-likeness (QED) is 0.592. The molecule has 1 N–H and O–H groups in total. The number of amides is 1. The molecule has 1 heterocycles. The van der Waals surface area contributed by atoms with Gasteiger partial charge in [0.15, 0.2) is 0 Å². The molecule has 1 aliphatic carbocycles. The molecule has 3 aromatic rings. The van der Waals surface area contributed by atoms with Gasteiger partial charge < -0.3 is 14.8 Å². The summed E-state index contributed by atoms with van der Waals surface area (Å²) in [5.74, 6) is 1.50. The lowest BCUT2D eigenvalue weighted by Crippen LogP contribution is -2.48. The third-order valence-electron chi connectivity index (χ3n) is 7.02. The van der Waals surface area contributed by atoms with Crippen LogP contribution < -0.4 is 14.8 Å². The van der Waals surface area contributed by atoms with Crippen molar-refractivity contribution in [2.24, 2.45) is 0 Å². The van der Waals surface area contributed by atoms with Gasteiger partial charge in [0.1, 0.15) is 18.1 Å². The molecule has 0 aromatic heterocycles. The minimum absolute atomic E-state index is 0.0573. The lowest BCUT2D eigenvalue weighted by molar-refractivity contribution is 0.0767. The highest BCUT2D eigenvalue weighted by Crippen LogP contribution is 2.49. The largest absolute Gasteiger partial charge is 0.497 e. The highest BCUT2D eigenvalue weighted by Gasteiger charge is 2.47. The monoisotopic (exact) mass is 430 g/mol. The Morgan fingerprint density at radius 2 is 1.94 bits per heavy atom. The highest BCUT2D eigenvalue weighted by molar-refractivity contribution is 5.98. The van der Waals surface area contributed by atoms with Crippen molar-refractivity contribution in [3.63, 3.8) is 0 Å². The Bertz CT molecular complexity index is 1170. The molecule has 1 unspecified atom stereocenters. The van der Waals surface area contributed by atoms with Crippen LogP contribution in [0, 0.1) is 6.92 Å². The van der Waals surface area contributed by atoms with Gasteiger partial charge in [-0.1, -0.05) is 30.3 Å². The van der Waals surface area contributed by atoms with Crippen LogP contribution in [0.3, 0.4) is 0 Å². The first kappa shape index (κ1) is 20.8. The van der Waals surface area contributed by atoms with E-state index in [-0.39, 0.29) is 11.4 Å². The lowest BCUT2D eigenvalue weighted by atomic mass is 9.95. The number of rotatable bonds is 7. The van der Waals surface area contributed by atoms with E-state index >= 15 is 0 Å². The summed E-state index contributed by atoms with van der Waals surface area (Å²) in [6.45, 7) is 3.75. The molecule has 1 saturated heterocycles. The Labute approximate surface area is 189 Å². The van der Waals surface area contributed by atoms with E-state index in [2.05, 4.69) is 35.5 Å². The van der Waals surface area contributed by atoms with Gasteiger partial charge in [-0.3, -0.25) is 9.69 Å². The molecular formula is C27H30N2O3. The lowest BCUT2D eigenvalue weighted by Gasteiger charge is -2.37. The van der Waals surface area contributed by atoms with Crippen LogP contribution in [0.1, 0.15) is 40.7 Å². The minimum atomic E-state index is -0.358. The molecule has 32 heavy (non-hydrogen) atoms. The van der Waals surface area contributed by atoms with E-state index < -0.39 is 0 Å². The Kier molecular flexibility index (Phi) is 5.30. The second-order valence-corrected chi connectivity index (χ2v) is 9.14. The predicted octanol–water partition coefficient (Wildman–Crippen LogP) is 4.66. The van der Waals surface area contributed by atoms with E-state index in [1.165, 1.54) is 0 Å². The summed E-state index contributed by atoms with van der Waals surface area (Å²) in [4.78, 5) is 15.7. The van der Waals surface area contributed by atoms with Crippen LogP contribution in [0.15, 0.2) is 54.6 Å². The van der Waals surface area contributed by atoms with Gasteiger partial charge in [0.05, 0.1) is 12.6 Å². The van der Waals surface area contributed by atoms with Crippen molar-refractivity contribution in [3.05, 3.63) is 71.3 Å². The Balaban J connectivity index is 1.39. The zero-order valence-corrected chi connectivity index (χ0v) is 19.0. The van der Waals surface area contributed by atoms with E-state index in [0.29, 0.717) is 18.2 Å². The third-order valence-corrected chi connectivity index (χ3v) is 7.02. The fourth-order valence-corrected chi connectivity index (χ4v) is 4.58.